The molecule has 242 valence electrons. The molecule has 11 heteroatoms. The first-order valence-electron chi connectivity index (χ1n) is 15.6. The highest BCUT2D eigenvalue weighted by Gasteiger charge is 2.47. The van der Waals surface area contributed by atoms with Gasteiger partial charge in [0, 0.05) is 29.3 Å². The molecule has 6 rings (SSSR count). The minimum absolute atomic E-state index is 0.168. The zero-order valence-electron chi connectivity index (χ0n) is 26.4. The van der Waals surface area contributed by atoms with E-state index in [2.05, 4.69) is 31.4 Å². The van der Waals surface area contributed by atoms with E-state index in [1.54, 1.807) is 4.68 Å². The lowest BCUT2D eigenvalue weighted by Crippen LogP contribution is -2.46. The number of aryl methyl sites for hydroxylation is 1. The van der Waals surface area contributed by atoms with Crippen molar-refractivity contribution in [1.82, 2.24) is 14.1 Å². The van der Waals surface area contributed by atoms with Gasteiger partial charge in [-0.15, -0.1) is 0 Å². The molecule has 2 fully saturated rings. The van der Waals surface area contributed by atoms with Gasteiger partial charge in [0.2, 0.25) is 10.0 Å². The molecule has 2 atom stereocenters. The summed E-state index contributed by atoms with van der Waals surface area (Å²) in [5.41, 5.74) is 4.38. The Hall–Kier alpha value is -4.09. The third-order valence-electron chi connectivity index (χ3n) is 8.96. The summed E-state index contributed by atoms with van der Waals surface area (Å²) in [4.78, 5) is 12.8. The number of benzene rings is 3. The van der Waals surface area contributed by atoms with E-state index < -0.39 is 21.7 Å². The summed E-state index contributed by atoms with van der Waals surface area (Å²) in [5, 5.41) is 10.6. The van der Waals surface area contributed by atoms with Gasteiger partial charge in [0.05, 0.1) is 16.3 Å². The second-order valence-electron chi connectivity index (χ2n) is 13.5. The predicted molar refractivity (Wildman–Crippen MR) is 175 cm³/mol. The van der Waals surface area contributed by atoms with Crippen molar-refractivity contribution in [3.63, 3.8) is 0 Å². The Bertz CT molecular complexity index is 1840. The fourth-order valence-electron chi connectivity index (χ4n) is 6.62. The van der Waals surface area contributed by atoms with Crippen LogP contribution in [0.5, 0.6) is 0 Å². The maximum atomic E-state index is 13.8. The van der Waals surface area contributed by atoms with Crippen molar-refractivity contribution in [3.05, 3.63) is 101 Å². The summed E-state index contributed by atoms with van der Waals surface area (Å²) < 4.78 is 57.2. The van der Waals surface area contributed by atoms with E-state index in [0.717, 1.165) is 60.0 Å². The molecule has 3 aromatic carbocycles. The first-order chi connectivity index (χ1) is 21.8. The summed E-state index contributed by atoms with van der Waals surface area (Å²) >= 11 is 0. The SMILES string of the molecule is Cc1ccc(-n2nc(C(C)(C)C)cc2NC(=O)Nc2ccc(CC3CC4CCC(C3)N4S(=O)(=O)c3ccc(F)c(F)c3)cc2)cc1. The van der Waals surface area contributed by atoms with Crippen LogP contribution in [0.3, 0.4) is 0 Å². The van der Waals surface area contributed by atoms with Crippen molar-refractivity contribution < 1.29 is 22.0 Å². The molecule has 2 aliphatic heterocycles. The van der Waals surface area contributed by atoms with Crippen LogP contribution in [0.15, 0.2) is 77.7 Å². The lowest BCUT2D eigenvalue weighted by Gasteiger charge is -2.38. The largest absolute Gasteiger partial charge is 0.324 e. The van der Waals surface area contributed by atoms with Gasteiger partial charge in [-0.25, -0.2) is 26.7 Å². The van der Waals surface area contributed by atoms with Crippen LogP contribution in [-0.2, 0) is 21.9 Å². The number of nitrogens with zero attached hydrogens (tertiary/aromatic N) is 3. The van der Waals surface area contributed by atoms with Gasteiger partial charge in [0.1, 0.15) is 5.82 Å². The van der Waals surface area contributed by atoms with Crippen molar-refractivity contribution in [3.8, 4) is 5.69 Å². The molecule has 2 aliphatic rings. The molecular weight excluding hydrogens is 608 g/mol. The standard InChI is InChI=1S/C35H39F2N5O3S/c1-22-5-11-26(12-6-22)41-33(21-32(40-41)35(2,3)4)39-34(43)38-25-9-7-23(8-10-25)17-24-18-27-13-14-28(19-24)42(27)46(44,45)29-15-16-30(36)31(37)20-29/h5-12,15-16,20-21,24,27-28H,13-14,17-19H2,1-4H3,(H2,38,39,43). The van der Waals surface area contributed by atoms with Crippen LogP contribution in [-0.4, -0.2) is 40.6 Å². The fourth-order valence-corrected chi connectivity index (χ4v) is 8.52. The second-order valence-corrected chi connectivity index (χ2v) is 15.4. The van der Waals surface area contributed by atoms with Gasteiger partial charge >= 0.3 is 6.03 Å². The Labute approximate surface area is 268 Å². The third-order valence-corrected chi connectivity index (χ3v) is 11.0. The lowest BCUT2D eigenvalue weighted by molar-refractivity contribution is 0.190. The summed E-state index contributed by atoms with van der Waals surface area (Å²) in [6.45, 7) is 8.25. The number of halogens is 2. The molecule has 46 heavy (non-hydrogen) atoms. The summed E-state index contributed by atoms with van der Waals surface area (Å²) in [7, 11) is -3.92. The number of aromatic nitrogens is 2. The van der Waals surface area contributed by atoms with Crippen molar-refractivity contribution in [1.29, 1.82) is 0 Å². The monoisotopic (exact) mass is 647 g/mol. The molecule has 2 N–H and O–H groups in total. The van der Waals surface area contributed by atoms with E-state index in [9.17, 15) is 22.0 Å². The first-order valence-corrected chi connectivity index (χ1v) is 17.0. The minimum atomic E-state index is -3.92. The summed E-state index contributed by atoms with van der Waals surface area (Å²) in [6.07, 6.45) is 3.69. The number of urea groups is 1. The van der Waals surface area contributed by atoms with Crippen molar-refractivity contribution in [2.75, 3.05) is 10.6 Å². The van der Waals surface area contributed by atoms with Crippen molar-refractivity contribution >= 4 is 27.6 Å². The molecule has 2 unspecified atom stereocenters. The maximum Gasteiger partial charge on any atom is 0.324 e. The van der Waals surface area contributed by atoms with E-state index in [0.29, 0.717) is 24.3 Å². The number of sulfonamides is 1. The number of carbonyl (C=O) groups excluding carboxylic acids is 1. The number of hydrogen-bond acceptors (Lipinski definition) is 4. The summed E-state index contributed by atoms with van der Waals surface area (Å²) in [5.74, 6) is -1.38. The predicted octanol–water partition coefficient (Wildman–Crippen LogP) is 7.57. The van der Waals surface area contributed by atoms with Crippen molar-refractivity contribution in [2.45, 2.75) is 82.2 Å². The van der Waals surface area contributed by atoms with Crippen LogP contribution >= 0.6 is 0 Å². The molecule has 0 aliphatic carbocycles. The van der Waals surface area contributed by atoms with Gasteiger partial charge in [-0.05, 0) is 93.0 Å². The summed E-state index contributed by atoms with van der Waals surface area (Å²) in [6, 6.07) is 19.6. The molecule has 0 saturated carbocycles. The highest BCUT2D eigenvalue weighted by atomic mass is 32.2. The third kappa shape index (κ3) is 6.57. The number of anilines is 2. The average Bonchev–Trinajstić information content (AvgIpc) is 3.55. The lowest BCUT2D eigenvalue weighted by atomic mass is 9.87. The minimum Gasteiger partial charge on any atom is -0.308 e. The van der Waals surface area contributed by atoms with E-state index >= 15 is 0 Å². The Balaban J connectivity index is 1.08. The Morgan fingerprint density at radius 3 is 2.15 bits per heavy atom. The quantitative estimate of drug-likeness (QED) is 0.216. The fraction of sp³-hybridized carbons (Fsp3) is 0.371. The molecule has 4 aromatic rings. The normalized spacial score (nSPS) is 20.1. The second kappa shape index (κ2) is 12.3. The van der Waals surface area contributed by atoms with E-state index in [-0.39, 0.29) is 34.3 Å². The van der Waals surface area contributed by atoms with E-state index in [4.69, 9.17) is 5.10 Å². The number of carbonyl (C=O) groups is 1. The maximum absolute atomic E-state index is 13.8. The van der Waals surface area contributed by atoms with Crippen LogP contribution < -0.4 is 10.6 Å². The van der Waals surface area contributed by atoms with Gasteiger partial charge in [-0.3, -0.25) is 5.32 Å². The van der Waals surface area contributed by atoms with Gasteiger partial charge < -0.3 is 5.32 Å². The number of amides is 2. The molecule has 1 aromatic heterocycles. The number of hydrogen-bond donors (Lipinski definition) is 2. The molecule has 2 bridgehead atoms. The molecule has 2 saturated heterocycles. The molecular formula is C35H39F2N5O3S. The molecule has 2 amide bonds. The van der Waals surface area contributed by atoms with Crippen LogP contribution in [0, 0.1) is 24.5 Å². The first kappa shape index (κ1) is 31.9. The van der Waals surface area contributed by atoms with Gasteiger partial charge in [0.15, 0.2) is 11.6 Å². The smallest absolute Gasteiger partial charge is 0.308 e. The van der Waals surface area contributed by atoms with Crippen LogP contribution in [0.25, 0.3) is 5.69 Å². The van der Waals surface area contributed by atoms with Gasteiger partial charge in [-0.2, -0.15) is 9.40 Å². The topological polar surface area (TPSA) is 96.3 Å². The zero-order chi connectivity index (χ0) is 32.8. The van der Waals surface area contributed by atoms with Gasteiger partial charge in [-0.1, -0.05) is 50.6 Å². The van der Waals surface area contributed by atoms with Crippen LogP contribution in [0.1, 0.15) is 63.3 Å². The molecule has 8 nitrogen and oxygen atoms in total. The van der Waals surface area contributed by atoms with E-state index in [1.807, 2.05) is 61.5 Å². The van der Waals surface area contributed by atoms with Crippen LogP contribution in [0.4, 0.5) is 25.1 Å². The van der Waals surface area contributed by atoms with Gasteiger partial charge in [0.25, 0.3) is 0 Å². The number of fused-ring (bicyclic) bond motifs is 2. The Morgan fingerprint density at radius 1 is 0.891 bits per heavy atom. The number of rotatable bonds is 7. The van der Waals surface area contributed by atoms with Crippen molar-refractivity contribution in [2.24, 2.45) is 5.92 Å². The highest BCUT2D eigenvalue weighted by molar-refractivity contribution is 7.89. The zero-order valence-corrected chi connectivity index (χ0v) is 27.2. The molecule has 3 heterocycles. The van der Waals surface area contributed by atoms with Crippen LogP contribution in [0.2, 0.25) is 0 Å². The number of nitrogens with one attached hydrogen (secondary N) is 2. The Kier molecular flexibility index (Phi) is 8.49. The highest BCUT2D eigenvalue weighted by Crippen LogP contribution is 2.43. The molecule has 0 spiro atoms. The average molecular weight is 648 g/mol. The number of piperidine rings is 1. The Morgan fingerprint density at radius 2 is 1.54 bits per heavy atom. The molecule has 0 radical (unpaired) electrons. The van der Waals surface area contributed by atoms with E-state index in [1.165, 1.54) is 4.31 Å².